The van der Waals surface area contributed by atoms with E-state index in [0.29, 0.717) is 54.8 Å². The Hall–Kier alpha value is -0.560. The molecule has 1 unspecified atom stereocenters. The van der Waals surface area contributed by atoms with Gasteiger partial charge in [-0.15, -0.1) is 0 Å². The van der Waals surface area contributed by atoms with Gasteiger partial charge in [0.2, 0.25) is 0 Å². The first-order chi connectivity index (χ1) is 25.0. The number of aliphatic hydroxyl groups is 8. The lowest BCUT2D eigenvalue weighted by atomic mass is 9.43. The van der Waals surface area contributed by atoms with Crippen LogP contribution in [0.3, 0.4) is 0 Å². The van der Waals surface area contributed by atoms with Crippen molar-refractivity contribution in [2.45, 2.75) is 178 Å². The lowest BCUT2D eigenvalue weighted by molar-refractivity contribution is -0.365. The molecule has 53 heavy (non-hydrogen) atoms. The smallest absolute Gasteiger partial charge is 0.187 e. The minimum atomic E-state index is -1.67. The van der Waals surface area contributed by atoms with Crippen LogP contribution in [0.5, 0.6) is 0 Å². The minimum absolute atomic E-state index is 0.0869. The van der Waals surface area contributed by atoms with Gasteiger partial charge in [0, 0.05) is 12.3 Å². The fraction of sp³-hybridized carbons (Fsp3) is 1.00. The second-order valence-electron chi connectivity index (χ2n) is 19.0. The Morgan fingerprint density at radius 2 is 1.42 bits per heavy atom. The highest BCUT2D eigenvalue weighted by molar-refractivity contribution is 5.17. The van der Waals surface area contributed by atoms with Crippen molar-refractivity contribution in [1.82, 2.24) is 0 Å². The molecule has 0 aromatic carbocycles. The molecule has 8 fully saturated rings. The molecule has 0 amide bonds. The number of rotatable bonds is 5. The summed E-state index contributed by atoms with van der Waals surface area (Å²) in [4.78, 5) is 0. The van der Waals surface area contributed by atoms with Gasteiger partial charge < -0.3 is 69.3 Å². The van der Waals surface area contributed by atoms with E-state index in [-0.39, 0.29) is 22.9 Å². The standard InChI is InChI=1S/C39H64O14/c1-16-6-9-39(48-15-16)17(2)28-26(53-39)11-21-19-10-23(41)22-12-25(24(42)13-38(22,5)20(19)7-8-37(21,28)4)50-36-33(47)31(45)34(27(14-40)51-36)52-35-32(46)30(44)29(43)18(3)49-35/h16-36,40-47H,6-15H2,1-5H3/t16-,17-,18-,19+,20-,21-,22?,23-,24+,25+,26-,27+,28-,29-,30+,31+,32+,33+,34+,35-,36+,37-,38+,39+/m0/s1. The Labute approximate surface area is 312 Å². The normalized spacial score (nSPS) is 61.0. The van der Waals surface area contributed by atoms with Crippen molar-refractivity contribution >= 4 is 0 Å². The Morgan fingerprint density at radius 3 is 2.11 bits per heavy atom. The third-order valence-electron chi connectivity index (χ3n) is 16.2. The van der Waals surface area contributed by atoms with Gasteiger partial charge in [-0.25, -0.2) is 0 Å². The maximum Gasteiger partial charge on any atom is 0.187 e. The Bertz CT molecular complexity index is 1310. The molecule has 0 radical (unpaired) electrons. The zero-order valence-electron chi connectivity index (χ0n) is 31.7. The van der Waals surface area contributed by atoms with Crippen LogP contribution in [0.25, 0.3) is 0 Å². The van der Waals surface area contributed by atoms with E-state index >= 15 is 0 Å². The molecule has 0 bridgehead atoms. The molecule has 304 valence electrons. The summed E-state index contributed by atoms with van der Waals surface area (Å²) in [6.45, 7) is 10.8. The number of ether oxygens (including phenoxy) is 6. The van der Waals surface area contributed by atoms with Gasteiger partial charge in [0.1, 0.15) is 42.7 Å². The number of hydrogen-bond acceptors (Lipinski definition) is 14. The van der Waals surface area contributed by atoms with Gasteiger partial charge in [0.25, 0.3) is 0 Å². The van der Waals surface area contributed by atoms with Gasteiger partial charge in [-0.2, -0.15) is 0 Å². The quantitative estimate of drug-likeness (QED) is 0.179. The molecule has 4 aliphatic heterocycles. The van der Waals surface area contributed by atoms with Crippen molar-refractivity contribution in [3.8, 4) is 0 Å². The van der Waals surface area contributed by atoms with Gasteiger partial charge >= 0.3 is 0 Å². The summed E-state index contributed by atoms with van der Waals surface area (Å²) < 4.78 is 36.8. The van der Waals surface area contributed by atoms with E-state index in [1.807, 2.05) is 0 Å². The molecule has 14 heteroatoms. The van der Waals surface area contributed by atoms with Crippen LogP contribution in [-0.2, 0) is 28.4 Å². The molecule has 8 rings (SSSR count). The van der Waals surface area contributed by atoms with E-state index < -0.39 is 92.1 Å². The SMILES string of the molecule is C[C@H]1CC[C@@]2(OC1)O[C@H]1C[C@H]3[C@@H]4C[C@H](O)C5C[C@@H](O[C@@H]6O[C@H](CO)[C@@H](O[C@@H]7O[C@@H](C)[C@H](O)[C@@H](O)[C@H]7O)[C@H](O)[C@H]6O)[C@H](O)C[C@]5(C)[C@H]4CC[C@]3(C)[C@H]1[C@@H]2C. The van der Waals surface area contributed by atoms with E-state index in [0.717, 1.165) is 38.7 Å². The van der Waals surface area contributed by atoms with E-state index in [1.54, 1.807) is 0 Å². The summed E-state index contributed by atoms with van der Waals surface area (Å²) in [7, 11) is 0. The van der Waals surface area contributed by atoms with Crippen molar-refractivity contribution < 1.29 is 69.3 Å². The van der Waals surface area contributed by atoms with Crippen LogP contribution >= 0.6 is 0 Å². The van der Waals surface area contributed by atoms with Crippen molar-refractivity contribution in [3.05, 3.63) is 0 Å². The van der Waals surface area contributed by atoms with Gasteiger partial charge in [-0.3, -0.25) is 0 Å². The molecule has 24 atom stereocenters. The lowest BCUT2D eigenvalue weighted by Crippen LogP contribution is -2.65. The molecular formula is C39H64O14. The van der Waals surface area contributed by atoms with E-state index in [2.05, 4.69) is 27.7 Å². The van der Waals surface area contributed by atoms with E-state index in [9.17, 15) is 40.9 Å². The largest absolute Gasteiger partial charge is 0.394 e. The molecule has 4 saturated heterocycles. The Balaban J connectivity index is 0.933. The summed E-state index contributed by atoms with van der Waals surface area (Å²) in [5, 5.41) is 86.8. The highest BCUT2D eigenvalue weighted by atomic mass is 16.7. The average molecular weight is 757 g/mol. The van der Waals surface area contributed by atoms with Gasteiger partial charge in [0.05, 0.1) is 43.7 Å². The van der Waals surface area contributed by atoms with Crippen LogP contribution in [0.4, 0.5) is 0 Å². The maximum atomic E-state index is 11.9. The van der Waals surface area contributed by atoms with Crippen LogP contribution in [-0.4, -0.2) is 146 Å². The number of hydrogen-bond donors (Lipinski definition) is 8. The highest BCUT2D eigenvalue weighted by Gasteiger charge is 2.70. The molecule has 1 spiro atoms. The first-order valence-corrected chi connectivity index (χ1v) is 20.3. The van der Waals surface area contributed by atoms with Crippen LogP contribution in [0.1, 0.15) is 86.0 Å². The Kier molecular flexibility index (Phi) is 10.4. The zero-order chi connectivity index (χ0) is 37.9. The van der Waals surface area contributed by atoms with Crippen molar-refractivity contribution in [2.24, 2.45) is 52.3 Å². The maximum absolute atomic E-state index is 11.9. The van der Waals surface area contributed by atoms with Gasteiger partial charge in [-0.05, 0) is 98.2 Å². The molecule has 0 aromatic heterocycles. The highest BCUT2D eigenvalue weighted by Crippen LogP contribution is 2.71. The van der Waals surface area contributed by atoms with Crippen LogP contribution in [0.2, 0.25) is 0 Å². The summed E-state index contributed by atoms with van der Waals surface area (Å²) >= 11 is 0. The predicted octanol–water partition coefficient (Wildman–Crippen LogP) is 0.411. The van der Waals surface area contributed by atoms with E-state index in [4.69, 9.17) is 28.4 Å². The van der Waals surface area contributed by atoms with E-state index in [1.165, 1.54) is 6.92 Å². The third-order valence-corrected chi connectivity index (χ3v) is 16.2. The zero-order valence-corrected chi connectivity index (χ0v) is 31.7. The molecule has 4 aliphatic carbocycles. The van der Waals surface area contributed by atoms with Crippen molar-refractivity contribution in [1.29, 1.82) is 0 Å². The average Bonchev–Trinajstić information content (AvgIpc) is 3.57. The molecule has 4 heterocycles. The summed E-state index contributed by atoms with van der Waals surface area (Å²) in [6.07, 6.45) is -10.0. The molecular weight excluding hydrogens is 692 g/mol. The monoisotopic (exact) mass is 756 g/mol. The summed E-state index contributed by atoms with van der Waals surface area (Å²) in [5.41, 5.74) is -0.255. The lowest BCUT2D eigenvalue weighted by Gasteiger charge is -2.63. The molecule has 8 aliphatic rings. The Morgan fingerprint density at radius 1 is 0.698 bits per heavy atom. The molecule has 4 saturated carbocycles. The first-order valence-electron chi connectivity index (χ1n) is 20.3. The third kappa shape index (κ3) is 6.11. The van der Waals surface area contributed by atoms with Gasteiger partial charge in [-0.1, -0.05) is 27.7 Å². The van der Waals surface area contributed by atoms with Gasteiger partial charge in [0.15, 0.2) is 18.4 Å². The summed E-state index contributed by atoms with van der Waals surface area (Å²) in [5.74, 6) is 1.65. The molecule has 0 aromatic rings. The number of fused-ring (bicyclic) bond motifs is 7. The molecule has 14 nitrogen and oxygen atoms in total. The fourth-order valence-corrected chi connectivity index (χ4v) is 13.3. The second kappa shape index (κ2) is 14.1. The van der Waals surface area contributed by atoms with Crippen molar-refractivity contribution in [3.63, 3.8) is 0 Å². The molecule has 8 N–H and O–H groups in total. The second-order valence-corrected chi connectivity index (χ2v) is 19.0. The first kappa shape index (κ1) is 39.3. The van der Waals surface area contributed by atoms with Crippen molar-refractivity contribution in [2.75, 3.05) is 13.2 Å². The predicted molar refractivity (Wildman–Crippen MR) is 184 cm³/mol. The topological polar surface area (TPSA) is 217 Å². The minimum Gasteiger partial charge on any atom is -0.394 e. The summed E-state index contributed by atoms with van der Waals surface area (Å²) in [6, 6.07) is 0. The van der Waals surface area contributed by atoms with Crippen LogP contribution < -0.4 is 0 Å². The van der Waals surface area contributed by atoms with Crippen LogP contribution in [0, 0.1) is 52.3 Å². The number of aliphatic hydroxyl groups excluding tert-OH is 8. The fourth-order valence-electron chi connectivity index (χ4n) is 13.3. The van der Waals surface area contributed by atoms with Crippen LogP contribution in [0.15, 0.2) is 0 Å².